The first-order chi connectivity index (χ1) is 21.9. The number of halogens is 2. The minimum atomic E-state index is -4.20. The first-order valence-electron chi connectivity index (χ1n) is 15.1. The zero-order valence-corrected chi connectivity index (χ0v) is 28.7. The van der Waals surface area contributed by atoms with Crippen LogP contribution in [0.2, 0.25) is 10.0 Å². The van der Waals surface area contributed by atoms with E-state index in [0.29, 0.717) is 33.4 Å². The highest BCUT2D eigenvalue weighted by Crippen LogP contribution is 2.30. The molecule has 46 heavy (non-hydrogen) atoms. The van der Waals surface area contributed by atoms with Gasteiger partial charge in [0.05, 0.1) is 10.6 Å². The van der Waals surface area contributed by atoms with Crippen molar-refractivity contribution < 1.29 is 18.0 Å². The summed E-state index contributed by atoms with van der Waals surface area (Å²) in [5, 5.41) is 3.64. The lowest BCUT2D eigenvalue weighted by atomic mass is 10.0. The highest BCUT2D eigenvalue weighted by atomic mass is 35.5. The predicted octanol–water partition coefficient (Wildman–Crippen LogP) is 7.22. The maximum Gasteiger partial charge on any atom is 0.264 e. The lowest BCUT2D eigenvalue weighted by Gasteiger charge is -2.34. The van der Waals surface area contributed by atoms with E-state index in [1.807, 2.05) is 63.2 Å². The number of nitrogens with one attached hydrogen (secondary N) is 1. The van der Waals surface area contributed by atoms with Crippen molar-refractivity contribution >= 4 is 50.7 Å². The second kappa shape index (κ2) is 15.6. The van der Waals surface area contributed by atoms with E-state index in [1.165, 1.54) is 17.0 Å². The molecule has 7 nitrogen and oxygen atoms in total. The number of sulfonamides is 1. The number of hydrogen-bond donors (Lipinski definition) is 1. The molecule has 0 fully saturated rings. The van der Waals surface area contributed by atoms with Crippen LogP contribution in [0, 0.1) is 19.8 Å². The number of anilines is 1. The maximum absolute atomic E-state index is 14.7. The molecule has 0 aliphatic rings. The van der Waals surface area contributed by atoms with Gasteiger partial charge in [0.2, 0.25) is 11.8 Å². The molecule has 242 valence electrons. The third-order valence-electron chi connectivity index (χ3n) is 7.59. The summed E-state index contributed by atoms with van der Waals surface area (Å²) in [6.45, 7) is 7.34. The first-order valence-corrected chi connectivity index (χ1v) is 17.3. The fourth-order valence-corrected chi connectivity index (χ4v) is 7.06. The average molecular weight is 681 g/mol. The normalized spacial score (nSPS) is 12.1. The van der Waals surface area contributed by atoms with Gasteiger partial charge in [-0.05, 0) is 66.8 Å². The van der Waals surface area contributed by atoms with Crippen LogP contribution in [0.3, 0.4) is 0 Å². The van der Waals surface area contributed by atoms with Crippen LogP contribution in [0.15, 0.2) is 102 Å². The third-order valence-corrected chi connectivity index (χ3v) is 10.1. The molecule has 0 aliphatic heterocycles. The van der Waals surface area contributed by atoms with Gasteiger partial charge in [0.25, 0.3) is 10.0 Å². The largest absolute Gasteiger partial charge is 0.354 e. The summed E-state index contributed by atoms with van der Waals surface area (Å²) >= 11 is 13.2. The smallest absolute Gasteiger partial charge is 0.264 e. The number of nitrogens with zero attached hydrogens (tertiary/aromatic N) is 2. The Hall–Kier alpha value is -3.85. The lowest BCUT2D eigenvalue weighted by Crippen LogP contribution is -2.54. The van der Waals surface area contributed by atoms with Gasteiger partial charge in [-0.15, -0.1) is 0 Å². The quantitative estimate of drug-likeness (QED) is 0.162. The molecular formula is C36H39Cl2N3O4S. The van der Waals surface area contributed by atoms with Crippen molar-refractivity contribution in [3.63, 3.8) is 0 Å². The molecular weight excluding hydrogens is 641 g/mol. The van der Waals surface area contributed by atoms with Crippen LogP contribution in [0.1, 0.15) is 36.1 Å². The van der Waals surface area contributed by atoms with Crippen LogP contribution in [0.25, 0.3) is 0 Å². The van der Waals surface area contributed by atoms with Gasteiger partial charge in [0, 0.05) is 35.1 Å². The van der Waals surface area contributed by atoms with Crippen LogP contribution in [0.4, 0.5) is 5.69 Å². The van der Waals surface area contributed by atoms with E-state index in [1.54, 1.807) is 49.4 Å². The van der Waals surface area contributed by atoms with E-state index in [-0.39, 0.29) is 29.7 Å². The van der Waals surface area contributed by atoms with Gasteiger partial charge in [-0.2, -0.15) is 0 Å². The number of hydrogen-bond acceptors (Lipinski definition) is 4. The Morgan fingerprint density at radius 3 is 2.04 bits per heavy atom. The molecule has 0 aliphatic carbocycles. The molecule has 10 heteroatoms. The fraction of sp³-hybridized carbons (Fsp3) is 0.278. The molecule has 4 rings (SSSR count). The number of aryl methyl sites for hydroxylation is 2. The molecule has 0 heterocycles. The van der Waals surface area contributed by atoms with Crippen LogP contribution in [-0.4, -0.2) is 44.3 Å². The molecule has 0 aromatic heterocycles. The Balaban J connectivity index is 1.86. The number of benzene rings is 4. The van der Waals surface area contributed by atoms with Crippen LogP contribution < -0.4 is 9.62 Å². The highest BCUT2D eigenvalue weighted by Gasteiger charge is 2.35. The lowest BCUT2D eigenvalue weighted by molar-refractivity contribution is -0.140. The zero-order valence-electron chi connectivity index (χ0n) is 26.4. The van der Waals surface area contributed by atoms with Crippen molar-refractivity contribution in [3.8, 4) is 0 Å². The average Bonchev–Trinajstić information content (AvgIpc) is 3.03. The Labute approximate surface area is 282 Å². The van der Waals surface area contributed by atoms with E-state index in [9.17, 15) is 18.0 Å². The Kier molecular flexibility index (Phi) is 11.9. The van der Waals surface area contributed by atoms with Gasteiger partial charge in [-0.1, -0.05) is 104 Å². The number of rotatable bonds is 13. The van der Waals surface area contributed by atoms with Crippen molar-refractivity contribution in [1.82, 2.24) is 10.2 Å². The predicted molar refractivity (Wildman–Crippen MR) is 186 cm³/mol. The van der Waals surface area contributed by atoms with E-state index in [0.717, 1.165) is 15.4 Å². The molecule has 0 saturated heterocycles. The molecule has 0 spiro atoms. The standard InChI is InChI=1S/C36H39Cl2N3O4S/c1-25(2)22-39-36(43)34(21-28-12-7-5-8-13-28)40(23-30-31(37)16-11-17-32(30)38)35(42)24-41(33-20-26(3)18-19-27(33)4)46(44,45)29-14-9-6-10-15-29/h5-20,25,34H,21-24H2,1-4H3,(H,39,43)/t34-/m1/s1. The Morgan fingerprint density at radius 1 is 0.826 bits per heavy atom. The number of carbonyl (C=O) groups is 2. The zero-order chi connectivity index (χ0) is 33.4. The SMILES string of the molecule is Cc1ccc(C)c(N(CC(=O)N(Cc2c(Cl)cccc2Cl)[C@H](Cc2ccccc2)C(=O)NCC(C)C)S(=O)(=O)c2ccccc2)c1. The summed E-state index contributed by atoms with van der Waals surface area (Å²) in [6.07, 6.45) is 0.188. The summed E-state index contributed by atoms with van der Waals surface area (Å²) < 4.78 is 29.6. The molecule has 0 bridgehead atoms. The third kappa shape index (κ3) is 8.69. The minimum absolute atomic E-state index is 0.0416. The first kappa shape index (κ1) is 35.0. The summed E-state index contributed by atoms with van der Waals surface area (Å²) in [6, 6.07) is 26.8. The van der Waals surface area contributed by atoms with Gasteiger partial charge in [0.1, 0.15) is 12.6 Å². The monoisotopic (exact) mass is 679 g/mol. The number of amides is 2. The summed E-state index contributed by atoms with van der Waals surface area (Å²) in [7, 11) is -4.20. The van der Waals surface area contributed by atoms with Crippen molar-refractivity contribution in [2.75, 3.05) is 17.4 Å². The van der Waals surface area contributed by atoms with Crippen LogP contribution in [0.5, 0.6) is 0 Å². The molecule has 1 atom stereocenters. The van der Waals surface area contributed by atoms with Crippen LogP contribution in [-0.2, 0) is 32.6 Å². The molecule has 0 unspecified atom stereocenters. The molecule has 2 amide bonds. The fourth-order valence-electron chi connectivity index (χ4n) is 5.05. The molecule has 0 saturated carbocycles. The van der Waals surface area contributed by atoms with Gasteiger partial charge in [0.15, 0.2) is 0 Å². The molecule has 0 radical (unpaired) electrons. The van der Waals surface area contributed by atoms with Crippen molar-refractivity contribution in [2.24, 2.45) is 5.92 Å². The molecule has 1 N–H and O–H groups in total. The van der Waals surface area contributed by atoms with E-state index < -0.39 is 28.5 Å². The molecule has 4 aromatic carbocycles. The minimum Gasteiger partial charge on any atom is -0.354 e. The summed E-state index contributed by atoms with van der Waals surface area (Å²) in [5.41, 5.74) is 3.17. The summed E-state index contributed by atoms with van der Waals surface area (Å²) in [5.74, 6) is -0.783. The van der Waals surface area contributed by atoms with E-state index in [2.05, 4.69) is 5.32 Å². The van der Waals surface area contributed by atoms with Crippen molar-refractivity contribution in [3.05, 3.63) is 129 Å². The number of carbonyl (C=O) groups excluding carboxylic acids is 2. The van der Waals surface area contributed by atoms with E-state index >= 15 is 0 Å². The van der Waals surface area contributed by atoms with Gasteiger partial charge < -0.3 is 10.2 Å². The van der Waals surface area contributed by atoms with Gasteiger partial charge in [-0.25, -0.2) is 8.42 Å². The maximum atomic E-state index is 14.7. The van der Waals surface area contributed by atoms with Crippen molar-refractivity contribution in [1.29, 1.82) is 0 Å². The Morgan fingerprint density at radius 2 is 1.43 bits per heavy atom. The highest BCUT2D eigenvalue weighted by molar-refractivity contribution is 7.92. The summed E-state index contributed by atoms with van der Waals surface area (Å²) in [4.78, 5) is 30.0. The van der Waals surface area contributed by atoms with E-state index in [4.69, 9.17) is 23.2 Å². The van der Waals surface area contributed by atoms with Gasteiger partial charge in [-0.3, -0.25) is 13.9 Å². The Bertz CT molecular complexity index is 1750. The topological polar surface area (TPSA) is 86.8 Å². The van der Waals surface area contributed by atoms with Crippen molar-refractivity contribution in [2.45, 2.75) is 51.6 Å². The second-order valence-electron chi connectivity index (χ2n) is 11.7. The van der Waals surface area contributed by atoms with Crippen LogP contribution >= 0.6 is 23.2 Å². The van der Waals surface area contributed by atoms with Gasteiger partial charge >= 0.3 is 0 Å². The second-order valence-corrected chi connectivity index (χ2v) is 14.4. The molecule has 4 aromatic rings.